The Labute approximate surface area is 327 Å². The molecule has 0 radical (unpaired) electrons. The van der Waals surface area contributed by atoms with E-state index < -0.39 is 72.5 Å². The van der Waals surface area contributed by atoms with Gasteiger partial charge in [-0.25, -0.2) is 9.59 Å². The predicted octanol–water partition coefficient (Wildman–Crippen LogP) is 3.53. The highest BCUT2D eigenvalue weighted by Gasteiger charge is 2.42. The van der Waals surface area contributed by atoms with Gasteiger partial charge < -0.3 is 9.47 Å². The fourth-order valence-electron chi connectivity index (χ4n) is 6.68. The topological polar surface area (TPSA) is 202 Å². The Bertz CT molecular complexity index is 2510. The van der Waals surface area contributed by atoms with E-state index >= 15 is 0 Å². The van der Waals surface area contributed by atoms with Crippen LogP contribution >= 0.6 is 0 Å². The summed E-state index contributed by atoms with van der Waals surface area (Å²) < 4.78 is 11.0. The maximum absolute atomic E-state index is 13.1. The second kappa shape index (κ2) is 13.9. The normalized spacial score (nSPS) is 16.0. The first kappa shape index (κ1) is 36.8. The van der Waals surface area contributed by atoms with Crippen molar-refractivity contribution >= 4 is 59.2 Å². The maximum Gasteiger partial charge on any atom is 0.343 e. The first-order valence-corrected chi connectivity index (χ1v) is 17.4. The number of benzene rings is 4. The van der Waals surface area contributed by atoms with Crippen LogP contribution in [0.1, 0.15) is 76.0 Å². The van der Waals surface area contributed by atoms with Gasteiger partial charge in [0, 0.05) is 23.3 Å². The Morgan fingerprint density at radius 3 is 1.10 bits per heavy atom. The van der Waals surface area contributed by atoms with Crippen LogP contribution in [0.2, 0.25) is 0 Å². The van der Waals surface area contributed by atoms with Gasteiger partial charge in [-0.05, 0) is 85.6 Å². The molecule has 0 saturated heterocycles. The zero-order valence-electron chi connectivity index (χ0n) is 30.3. The second-order valence-electron chi connectivity index (χ2n) is 13.5. The summed E-state index contributed by atoms with van der Waals surface area (Å²) >= 11 is 0. The first-order valence-electron chi connectivity index (χ1n) is 17.4. The quantitative estimate of drug-likeness (QED) is 0.136. The van der Waals surface area contributed by atoms with E-state index in [4.69, 9.17) is 9.47 Å². The molecule has 0 fully saturated rings. The highest BCUT2D eigenvalue weighted by Crippen LogP contribution is 2.30. The summed E-state index contributed by atoms with van der Waals surface area (Å²) in [6, 6.07) is 20.6. The third-order valence-electron chi connectivity index (χ3n) is 9.82. The molecular weight excluding hydrogens is 752 g/mol. The first-order chi connectivity index (χ1) is 27.7. The van der Waals surface area contributed by atoms with Crippen molar-refractivity contribution in [1.82, 2.24) is 19.6 Å². The lowest BCUT2D eigenvalue weighted by molar-refractivity contribution is -0.140. The van der Waals surface area contributed by atoms with Crippen molar-refractivity contribution in [3.63, 3.8) is 0 Å². The molecule has 286 valence electrons. The molecule has 0 aliphatic carbocycles. The molecule has 0 N–H and O–H groups in total. The molecule has 4 heterocycles. The van der Waals surface area contributed by atoms with E-state index in [1.54, 1.807) is 48.5 Å². The van der Waals surface area contributed by atoms with E-state index in [2.05, 4.69) is 0 Å². The van der Waals surface area contributed by atoms with Gasteiger partial charge in [-0.2, -0.15) is 0 Å². The molecule has 0 aromatic heterocycles. The van der Waals surface area contributed by atoms with Crippen molar-refractivity contribution in [2.24, 2.45) is 0 Å². The number of imide groups is 4. The summed E-state index contributed by atoms with van der Waals surface area (Å²) in [5, 5.41) is 0. The molecule has 0 spiro atoms. The third kappa shape index (κ3) is 6.23. The molecule has 0 bridgehead atoms. The molecule has 0 saturated carbocycles. The molecule has 4 aromatic carbocycles. The zero-order chi connectivity index (χ0) is 41.2. The Kier molecular flexibility index (Phi) is 8.80. The van der Waals surface area contributed by atoms with Crippen molar-refractivity contribution in [1.29, 1.82) is 0 Å². The van der Waals surface area contributed by atoms with Gasteiger partial charge in [0.25, 0.3) is 47.3 Å². The predicted molar refractivity (Wildman–Crippen MR) is 197 cm³/mol. The number of carbonyl (C=O) groups excluding carboxylic acids is 10. The molecule has 8 amide bonds. The van der Waals surface area contributed by atoms with Gasteiger partial charge in [0.2, 0.25) is 0 Å². The van der Waals surface area contributed by atoms with Crippen LogP contribution in [0.4, 0.5) is 0 Å². The van der Waals surface area contributed by atoms with Crippen molar-refractivity contribution in [2.45, 2.75) is 13.8 Å². The molecule has 16 heteroatoms. The van der Waals surface area contributed by atoms with Crippen LogP contribution in [0.25, 0.3) is 11.1 Å². The maximum atomic E-state index is 13.1. The van der Waals surface area contributed by atoms with Crippen molar-refractivity contribution in [2.75, 3.05) is 13.3 Å². The molecule has 0 unspecified atom stereocenters. The van der Waals surface area contributed by atoms with Crippen LogP contribution in [0, 0.1) is 0 Å². The largest absolute Gasteiger partial charge is 0.423 e. The molecule has 4 aliphatic heterocycles. The van der Waals surface area contributed by atoms with Crippen molar-refractivity contribution in [3.8, 4) is 22.6 Å². The van der Waals surface area contributed by atoms with Gasteiger partial charge in [-0.15, -0.1) is 0 Å². The third-order valence-corrected chi connectivity index (χ3v) is 9.82. The number of amides is 8. The Balaban J connectivity index is 0.876. The number of esters is 2. The summed E-state index contributed by atoms with van der Waals surface area (Å²) in [5.41, 5.74) is 1.67. The van der Waals surface area contributed by atoms with E-state index in [1.165, 1.54) is 50.2 Å². The molecule has 4 aromatic rings. The average molecular weight is 779 g/mol. The number of carbonyl (C=O) groups is 10. The average Bonchev–Trinajstić information content (AvgIpc) is 3.80. The second-order valence-corrected chi connectivity index (χ2v) is 13.5. The fraction of sp³-hybridized carbons (Fsp3) is 0.0952. The minimum Gasteiger partial charge on any atom is -0.423 e. The Morgan fingerprint density at radius 2 is 0.776 bits per heavy atom. The van der Waals surface area contributed by atoms with Crippen LogP contribution in [0.5, 0.6) is 11.5 Å². The van der Waals surface area contributed by atoms with E-state index in [1.807, 2.05) is 0 Å². The molecular formula is C42H26N4O12. The lowest BCUT2D eigenvalue weighted by atomic mass is 10.0. The molecule has 8 rings (SSSR count). The summed E-state index contributed by atoms with van der Waals surface area (Å²) in [7, 11) is 0. The van der Waals surface area contributed by atoms with Gasteiger partial charge in [-0.1, -0.05) is 24.3 Å². The van der Waals surface area contributed by atoms with E-state index in [-0.39, 0.29) is 56.0 Å². The number of hydrogen-bond donors (Lipinski definition) is 0. The Hall–Kier alpha value is -8.14. The molecule has 58 heavy (non-hydrogen) atoms. The van der Waals surface area contributed by atoms with E-state index in [0.29, 0.717) is 0 Å². The number of fused-ring (bicyclic) bond motifs is 2. The summed E-state index contributed by atoms with van der Waals surface area (Å²) in [6.07, 6.45) is 2.24. The Morgan fingerprint density at radius 1 is 0.431 bits per heavy atom. The van der Waals surface area contributed by atoms with Gasteiger partial charge in [0.15, 0.2) is 0 Å². The molecule has 0 atom stereocenters. The highest BCUT2D eigenvalue weighted by molar-refractivity contribution is 6.24. The van der Waals surface area contributed by atoms with Crippen LogP contribution in [-0.4, -0.2) is 92.1 Å². The lowest BCUT2D eigenvalue weighted by Crippen LogP contribution is -2.44. The summed E-state index contributed by atoms with van der Waals surface area (Å²) in [6.45, 7) is 1.78. The highest BCUT2D eigenvalue weighted by atomic mass is 16.5. The lowest BCUT2D eigenvalue weighted by Gasteiger charge is -2.21. The van der Waals surface area contributed by atoms with Crippen LogP contribution in [0.3, 0.4) is 0 Å². The number of rotatable bonds is 9. The standard InChI is InChI=1S/C42H26N4O12/c1-21-15-33(47)43(35(21)49)19-45-37(51)29-13-7-25(17-31(29)39(45)53)41(55)57-27-9-3-23(4-10-27)24-5-11-28(12-6-24)58-42(56)26-8-14-30-32(18-26)40(54)46(38(30)52)20-44-34(48)16-22(2)36(44)50/h3-18H,19-20H2,1-2H3. The van der Waals surface area contributed by atoms with Crippen molar-refractivity contribution in [3.05, 3.63) is 142 Å². The summed E-state index contributed by atoms with van der Waals surface area (Å²) in [4.78, 5) is 130. The van der Waals surface area contributed by atoms with E-state index in [0.717, 1.165) is 42.9 Å². The minimum atomic E-state index is -0.801. The number of nitrogens with zero attached hydrogens (tertiary/aromatic N) is 4. The minimum absolute atomic E-state index is 0.00974. The van der Waals surface area contributed by atoms with Gasteiger partial charge in [0.1, 0.15) is 24.8 Å². The smallest absolute Gasteiger partial charge is 0.343 e. The number of hydrogen-bond acceptors (Lipinski definition) is 12. The number of ether oxygens (including phenoxy) is 2. The zero-order valence-corrected chi connectivity index (χ0v) is 30.3. The van der Waals surface area contributed by atoms with Gasteiger partial charge in [0.05, 0.1) is 33.4 Å². The fourth-order valence-corrected chi connectivity index (χ4v) is 6.68. The van der Waals surface area contributed by atoms with Crippen LogP contribution in [0.15, 0.2) is 108 Å². The van der Waals surface area contributed by atoms with Gasteiger partial charge in [-0.3, -0.25) is 58.0 Å². The van der Waals surface area contributed by atoms with Crippen LogP contribution < -0.4 is 9.47 Å². The van der Waals surface area contributed by atoms with Gasteiger partial charge >= 0.3 is 11.9 Å². The van der Waals surface area contributed by atoms with Crippen molar-refractivity contribution < 1.29 is 57.4 Å². The summed E-state index contributed by atoms with van der Waals surface area (Å²) in [5.74, 6) is -6.70. The van der Waals surface area contributed by atoms with E-state index in [9.17, 15) is 47.9 Å². The monoisotopic (exact) mass is 778 g/mol. The SMILES string of the molecule is CC1=CC(=O)N(CN2C(=O)c3ccc(C(=O)Oc4ccc(-c5ccc(OC(=O)c6ccc7c(c6)C(=O)N(CN6C(=O)C=C(C)C6=O)C7=O)cc5)cc4)cc3C2=O)C1=O. The van der Waals surface area contributed by atoms with Crippen LogP contribution in [-0.2, 0) is 19.2 Å². The molecule has 16 nitrogen and oxygen atoms in total. The molecule has 4 aliphatic rings.